The second kappa shape index (κ2) is 14.1. The lowest BCUT2D eigenvalue weighted by Gasteiger charge is -2.14. The minimum atomic E-state index is 1.02. The van der Waals surface area contributed by atoms with Gasteiger partial charge in [0.25, 0.3) is 0 Å². The van der Waals surface area contributed by atoms with Crippen molar-refractivity contribution in [3.8, 4) is 44.2 Å². The van der Waals surface area contributed by atoms with E-state index in [0.717, 1.165) is 33.0 Å². The standard InChI is InChI=1S/C61H37N3S/c1-3-14-39(15-4-1)61-62-55-37-58-54(36-59(55)65-61)53-35-41(29-33-57(53)63(58)42-16-5-2-6-17-42)44-23-13-24-51-50-22-11-12-25-56(50)64(60(44)51)43-30-26-38(27-31-43)40-28-32-49-47-20-8-7-18-45(47)46-19-9-10-21-48(46)52(49)34-40/h1-37H. The highest BCUT2D eigenvalue weighted by Crippen LogP contribution is 2.43. The number of rotatable bonds is 5. The van der Waals surface area contributed by atoms with Crippen LogP contribution in [0, 0.1) is 0 Å². The van der Waals surface area contributed by atoms with Crippen molar-refractivity contribution in [2.75, 3.05) is 0 Å². The highest BCUT2D eigenvalue weighted by Gasteiger charge is 2.20. The van der Waals surface area contributed by atoms with Crippen molar-refractivity contribution in [3.63, 3.8) is 0 Å². The van der Waals surface area contributed by atoms with Gasteiger partial charge in [-0.15, -0.1) is 11.3 Å². The highest BCUT2D eigenvalue weighted by atomic mass is 32.1. The predicted molar refractivity (Wildman–Crippen MR) is 277 cm³/mol. The molecule has 65 heavy (non-hydrogen) atoms. The van der Waals surface area contributed by atoms with Crippen LogP contribution in [0.2, 0.25) is 0 Å². The predicted octanol–water partition coefficient (Wildman–Crippen LogP) is 17.0. The van der Waals surface area contributed by atoms with Gasteiger partial charge in [-0.05, 0) is 110 Å². The number of fused-ring (bicyclic) bond motifs is 13. The number of para-hydroxylation sites is 3. The maximum Gasteiger partial charge on any atom is 0.124 e. The molecule has 0 saturated heterocycles. The number of thiazole rings is 1. The van der Waals surface area contributed by atoms with E-state index < -0.39 is 0 Å². The van der Waals surface area contributed by atoms with Gasteiger partial charge in [0.05, 0.1) is 32.3 Å². The number of benzene rings is 11. The van der Waals surface area contributed by atoms with E-state index in [-0.39, 0.29) is 0 Å². The third-order valence-electron chi connectivity index (χ3n) is 13.5. The Morgan fingerprint density at radius 1 is 0.308 bits per heavy atom. The van der Waals surface area contributed by atoms with E-state index in [2.05, 4.69) is 234 Å². The molecule has 0 spiro atoms. The third kappa shape index (κ3) is 5.51. The highest BCUT2D eigenvalue weighted by molar-refractivity contribution is 7.21. The lowest BCUT2D eigenvalue weighted by Crippen LogP contribution is -1.96. The van der Waals surface area contributed by atoms with Crippen LogP contribution in [0.25, 0.3) is 130 Å². The van der Waals surface area contributed by atoms with Crippen LogP contribution in [0.3, 0.4) is 0 Å². The Bertz CT molecular complexity index is 4180. The molecule has 4 heteroatoms. The second-order valence-electron chi connectivity index (χ2n) is 17.1. The first kappa shape index (κ1) is 36.2. The zero-order chi connectivity index (χ0) is 42.6. The number of aromatic nitrogens is 3. The number of hydrogen-bond donors (Lipinski definition) is 0. The minimum absolute atomic E-state index is 1.02. The van der Waals surface area contributed by atoms with Gasteiger partial charge in [-0.2, -0.15) is 0 Å². The molecule has 3 aromatic heterocycles. The molecule has 3 nitrogen and oxygen atoms in total. The first-order chi connectivity index (χ1) is 32.2. The normalized spacial score (nSPS) is 12.0. The molecule has 14 aromatic rings. The molecule has 14 rings (SSSR count). The van der Waals surface area contributed by atoms with Gasteiger partial charge in [-0.25, -0.2) is 4.98 Å². The van der Waals surface area contributed by atoms with E-state index >= 15 is 0 Å². The monoisotopic (exact) mass is 843 g/mol. The summed E-state index contributed by atoms with van der Waals surface area (Å²) in [5.74, 6) is 0. The molecule has 0 atom stereocenters. The smallest absolute Gasteiger partial charge is 0.124 e. The number of nitrogens with zero attached hydrogens (tertiary/aromatic N) is 3. The van der Waals surface area contributed by atoms with Crippen LogP contribution in [-0.2, 0) is 0 Å². The fourth-order valence-electron chi connectivity index (χ4n) is 10.6. The lowest BCUT2D eigenvalue weighted by atomic mass is 9.92. The van der Waals surface area contributed by atoms with Gasteiger partial charge < -0.3 is 9.13 Å². The molecule has 0 bridgehead atoms. The third-order valence-corrected chi connectivity index (χ3v) is 14.6. The van der Waals surface area contributed by atoms with Crippen LogP contribution in [0.4, 0.5) is 0 Å². The Kier molecular flexibility index (Phi) is 7.85. The summed E-state index contributed by atoms with van der Waals surface area (Å²) in [6.07, 6.45) is 0. The van der Waals surface area contributed by atoms with Gasteiger partial charge in [0.2, 0.25) is 0 Å². The van der Waals surface area contributed by atoms with Crippen LogP contribution in [0.1, 0.15) is 0 Å². The Morgan fingerprint density at radius 3 is 1.62 bits per heavy atom. The van der Waals surface area contributed by atoms with Gasteiger partial charge in [-0.3, -0.25) is 0 Å². The molecule has 0 N–H and O–H groups in total. The van der Waals surface area contributed by atoms with Crippen molar-refractivity contribution >= 4 is 97.5 Å². The first-order valence-electron chi connectivity index (χ1n) is 22.2. The zero-order valence-electron chi connectivity index (χ0n) is 35.1. The van der Waals surface area contributed by atoms with Crippen molar-refractivity contribution in [1.82, 2.24) is 14.1 Å². The van der Waals surface area contributed by atoms with Gasteiger partial charge in [0, 0.05) is 44.0 Å². The average Bonchev–Trinajstić information content (AvgIpc) is 4.06. The summed E-state index contributed by atoms with van der Waals surface area (Å²) in [6, 6.07) is 82.2. The Morgan fingerprint density at radius 2 is 0.862 bits per heavy atom. The number of hydrogen-bond acceptors (Lipinski definition) is 2. The van der Waals surface area contributed by atoms with E-state index in [9.17, 15) is 0 Å². The topological polar surface area (TPSA) is 22.8 Å². The summed E-state index contributed by atoms with van der Waals surface area (Å²) in [6.45, 7) is 0. The van der Waals surface area contributed by atoms with Gasteiger partial charge in [-0.1, -0.05) is 164 Å². The summed E-state index contributed by atoms with van der Waals surface area (Å²) in [7, 11) is 0. The fourth-order valence-corrected chi connectivity index (χ4v) is 11.6. The molecule has 0 aliphatic carbocycles. The van der Waals surface area contributed by atoms with Crippen molar-refractivity contribution < 1.29 is 0 Å². The van der Waals surface area contributed by atoms with Crippen molar-refractivity contribution in [1.29, 1.82) is 0 Å². The van der Waals surface area contributed by atoms with E-state index in [0.29, 0.717) is 0 Å². The van der Waals surface area contributed by atoms with Gasteiger partial charge >= 0.3 is 0 Å². The van der Waals surface area contributed by atoms with Crippen LogP contribution in [-0.4, -0.2) is 14.1 Å². The minimum Gasteiger partial charge on any atom is -0.309 e. The summed E-state index contributed by atoms with van der Waals surface area (Å²) >= 11 is 1.76. The molecule has 0 fully saturated rings. The molecule has 0 unspecified atom stereocenters. The first-order valence-corrected chi connectivity index (χ1v) is 23.0. The Balaban J connectivity index is 0.942. The molecular formula is C61H37N3S. The van der Waals surface area contributed by atoms with E-state index in [1.165, 1.54) is 97.4 Å². The Labute approximate surface area is 378 Å². The quantitative estimate of drug-likeness (QED) is 0.158. The molecule has 0 saturated carbocycles. The van der Waals surface area contributed by atoms with Crippen LogP contribution in [0.5, 0.6) is 0 Å². The summed E-state index contributed by atoms with van der Waals surface area (Å²) in [4.78, 5) is 5.15. The van der Waals surface area contributed by atoms with Crippen LogP contribution in [0.15, 0.2) is 224 Å². The maximum absolute atomic E-state index is 5.15. The maximum atomic E-state index is 5.15. The average molecular weight is 844 g/mol. The van der Waals surface area contributed by atoms with Crippen LogP contribution >= 0.6 is 11.3 Å². The summed E-state index contributed by atoms with van der Waals surface area (Å²) in [5, 5.41) is 13.7. The van der Waals surface area contributed by atoms with E-state index in [1.807, 2.05) is 0 Å². The molecule has 3 heterocycles. The Hall–Kier alpha value is -8.31. The summed E-state index contributed by atoms with van der Waals surface area (Å²) < 4.78 is 6.05. The van der Waals surface area contributed by atoms with E-state index in [4.69, 9.17) is 4.98 Å². The van der Waals surface area contributed by atoms with Crippen molar-refractivity contribution in [2.24, 2.45) is 0 Å². The largest absolute Gasteiger partial charge is 0.309 e. The zero-order valence-corrected chi connectivity index (χ0v) is 35.9. The second-order valence-corrected chi connectivity index (χ2v) is 18.1. The lowest BCUT2D eigenvalue weighted by molar-refractivity contribution is 1.18. The molecule has 302 valence electrons. The van der Waals surface area contributed by atoms with Gasteiger partial charge in [0.15, 0.2) is 0 Å². The molecule has 0 aliphatic rings. The van der Waals surface area contributed by atoms with Crippen molar-refractivity contribution in [3.05, 3.63) is 224 Å². The fraction of sp³-hybridized carbons (Fsp3) is 0. The SMILES string of the molecule is c1ccc(-c2nc3cc4c(cc3s2)c2cc(-c3cccc5c6ccccc6n(-c6ccc(-c7ccc8c9ccccc9c9ccccc9c8c7)cc6)c35)ccc2n4-c2ccccc2)cc1. The van der Waals surface area contributed by atoms with Crippen LogP contribution < -0.4 is 0 Å². The molecule has 0 aliphatic heterocycles. The molecule has 0 amide bonds. The summed E-state index contributed by atoms with van der Waals surface area (Å²) in [5.41, 5.74) is 13.9. The van der Waals surface area contributed by atoms with E-state index in [1.54, 1.807) is 11.3 Å². The van der Waals surface area contributed by atoms with Crippen molar-refractivity contribution in [2.45, 2.75) is 0 Å². The molecular weight excluding hydrogens is 807 g/mol. The molecule has 0 radical (unpaired) electrons. The molecule has 11 aromatic carbocycles. The van der Waals surface area contributed by atoms with Gasteiger partial charge in [0.1, 0.15) is 5.01 Å².